The Kier molecular flexibility index (Phi) is 7.23. The van der Waals surface area contributed by atoms with Gasteiger partial charge in [0.25, 0.3) is 5.91 Å². The van der Waals surface area contributed by atoms with Crippen LogP contribution in [0.1, 0.15) is 30.6 Å². The van der Waals surface area contributed by atoms with Gasteiger partial charge in [-0.2, -0.15) is 11.8 Å². The van der Waals surface area contributed by atoms with Gasteiger partial charge in [-0.05, 0) is 41.6 Å². The van der Waals surface area contributed by atoms with E-state index in [1.165, 1.54) is 0 Å². The number of rotatable bonds is 7. The summed E-state index contributed by atoms with van der Waals surface area (Å²) >= 11 is 5.09. The molecular formula is C13H20BrN3OS. The molecule has 0 aliphatic rings. The van der Waals surface area contributed by atoms with Crippen molar-refractivity contribution in [2.24, 2.45) is 0 Å². The molecule has 2 N–H and O–H groups in total. The highest BCUT2D eigenvalue weighted by atomic mass is 79.9. The van der Waals surface area contributed by atoms with Crippen LogP contribution in [-0.4, -0.2) is 35.5 Å². The minimum absolute atomic E-state index is 0.0781. The van der Waals surface area contributed by atoms with E-state index in [9.17, 15) is 4.79 Å². The second-order valence-electron chi connectivity index (χ2n) is 4.11. The normalized spacial score (nSPS) is 12.0. The van der Waals surface area contributed by atoms with Crippen LogP contribution in [-0.2, 0) is 0 Å². The van der Waals surface area contributed by atoms with Crippen LogP contribution in [0.5, 0.6) is 0 Å². The number of thioether (sulfide) groups is 1. The van der Waals surface area contributed by atoms with Gasteiger partial charge in [-0.15, -0.1) is 0 Å². The molecule has 1 rings (SSSR count). The molecule has 0 spiro atoms. The van der Waals surface area contributed by atoms with Gasteiger partial charge in [0.05, 0.1) is 5.56 Å². The summed E-state index contributed by atoms with van der Waals surface area (Å²) in [7, 11) is 0. The zero-order valence-electron chi connectivity index (χ0n) is 11.5. The minimum Gasteiger partial charge on any atom is -0.370 e. The molecule has 19 heavy (non-hydrogen) atoms. The summed E-state index contributed by atoms with van der Waals surface area (Å²) in [6.07, 6.45) is 4.65. The summed E-state index contributed by atoms with van der Waals surface area (Å²) in [6, 6.07) is 1.99. The number of nitrogens with zero attached hydrogens (tertiary/aromatic N) is 1. The number of carbonyl (C=O) groups excluding carboxylic acids is 1. The van der Waals surface area contributed by atoms with Gasteiger partial charge in [0.2, 0.25) is 0 Å². The Morgan fingerprint density at radius 3 is 2.84 bits per heavy atom. The second-order valence-corrected chi connectivity index (χ2v) is 5.94. The van der Waals surface area contributed by atoms with Gasteiger partial charge < -0.3 is 10.6 Å². The van der Waals surface area contributed by atoms with Gasteiger partial charge in [0.15, 0.2) is 0 Å². The predicted octanol–water partition coefficient (Wildman–Crippen LogP) is 3.15. The Balaban J connectivity index is 2.87. The van der Waals surface area contributed by atoms with Crippen LogP contribution in [0.2, 0.25) is 0 Å². The third-order valence-corrected chi connectivity index (χ3v) is 3.81. The molecule has 106 valence electrons. The maximum atomic E-state index is 12.3. The van der Waals surface area contributed by atoms with E-state index in [4.69, 9.17) is 0 Å². The van der Waals surface area contributed by atoms with Crippen molar-refractivity contribution in [3.63, 3.8) is 0 Å². The third-order valence-electron chi connectivity index (χ3n) is 2.64. The van der Waals surface area contributed by atoms with Gasteiger partial charge in [0.1, 0.15) is 5.82 Å². The van der Waals surface area contributed by atoms with Crippen LogP contribution in [0.15, 0.2) is 16.7 Å². The number of hydrogen-bond acceptors (Lipinski definition) is 4. The Hall–Kier alpha value is -0.750. The van der Waals surface area contributed by atoms with Gasteiger partial charge >= 0.3 is 0 Å². The Morgan fingerprint density at radius 1 is 1.53 bits per heavy atom. The second kappa shape index (κ2) is 8.43. The predicted molar refractivity (Wildman–Crippen MR) is 86.0 cm³/mol. The summed E-state index contributed by atoms with van der Waals surface area (Å²) in [5, 5.41) is 6.16. The molecule has 0 fully saturated rings. The lowest BCUT2D eigenvalue weighted by atomic mass is 10.2. The Labute approximate surface area is 127 Å². The maximum absolute atomic E-state index is 12.3. The molecular weight excluding hydrogens is 326 g/mol. The number of halogens is 1. The molecule has 1 amide bonds. The molecule has 0 aromatic carbocycles. The van der Waals surface area contributed by atoms with Gasteiger partial charge in [-0.1, -0.05) is 6.92 Å². The first-order valence-corrected chi connectivity index (χ1v) is 8.50. The monoisotopic (exact) mass is 345 g/mol. The number of aromatic nitrogens is 1. The fourth-order valence-corrected chi connectivity index (χ4v) is 2.70. The largest absolute Gasteiger partial charge is 0.370 e. The fourth-order valence-electron chi connectivity index (χ4n) is 1.65. The van der Waals surface area contributed by atoms with Gasteiger partial charge in [-0.25, -0.2) is 4.98 Å². The summed E-state index contributed by atoms with van der Waals surface area (Å²) in [5.74, 6) is 1.47. The highest BCUT2D eigenvalue weighted by Gasteiger charge is 2.16. The van der Waals surface area contributed by atoms with Crippen molar-refractivity contribution in [1.82, 2.24) is 10.3 Å². The molecule has 1 unspecified atom stereocenters. The number of carbonyl (C=O) groups is 1. The number of amides is 1. The lowest BCUT2D eigenvalue weighted by Crippen LogP contribution is -2.36. The molecule has 0 radical (unpaired) electrons. The Morgan fingerprint density at radius 2 is 2.26 bits per heavy atom. The van der Waals surface area contributed by atoms with Crippen LogP contribution in [0.25, 0.3) is 0 Å². The number of hydrogen-bond donors (Lipinski definition) is 2. The highest BCUT2D eigenvalue weighted by molar-refractivity contribution is 9.10. The summed E-state index contributed by atoms with van der Waals surface area (Å²) in [6.45, 7) is 4.79. The molecule has 0 bridgehead atoms. The number of pyridine rings is 1. The third kappa shape index (κ3) is 5.03. The van der Waals surface area contributed by atoms with E-state index in [2.05, 4.69) is 38.5 Å². The average Bonchev–Trinajstić information content (AvgIpc) is 2.40. The zero-order valence-corrected chi connectivity index (χ0v) is 13.9. The lowest BCUT2D eigenvalue weighted by molar-refractivity contribution is 0.0940. The van der Waals surface area contributed by atoms with Crippen LogP contribution in [0.3, 0.4) is 0 Å². The summed E-state index contributed by atoms with van der Waals surface area (Å²) in [5.41, 5.74) is 0.579. The summed E-state index contributed by atoms with van der Waals surface area (Å²) < 4.78 is 0.803. The molecule has 0 saturated heterocycles. The quantitative estimate of drug-likeness (QED) is 0.796. The molecule has 4 nitrogen and oxygen atoms in total. The lowest BCUT2D eigenvalue weighted by Gasteiger charge is -2.17. The van der Waals surface area contributed by atoms with E-state index in [1.807, 2.05) is 13.2 Å². The fraction of sp³-hybridized carbons (Fsp3) is 0.538. The average molecular weight is 346 g/mol. The Bertz CT molecular complexity index is 428. The number of nitrogens with one attached hydrogen (secondary N) is 2. The van der Waals surface area contributed by atoms with Crippen molar-refractivity contribution < 1.29 is 4.79 Å². The van der Waals surface area contributed by atoms with Crippen molar-refractivity contribution >= 4 is 39.4 Å². The van der Waals surface area contributed by atoms with E-state index in [1.54, 1.807) is 24.0 Å². The maximum Gasteiger partial charge on any atom is 0.255 e. The number of anilines is 1. The first kappa shape index (κ1) is 16.3. The summed E-state index contributed by atoms with van der Waals surface area (Å²) in [4.78, 5) is 16.6. The van der Waals surface area contributed by atoms with Crippen LogP contribution in [0.4, 0.5) is 5.82 Å². The standard InChI is InChI=1S/C13H20BrN3OS/c1-4-10(8-19-3)17-13(18)11-6-9(14)7-16-12(11)15-5-2/h6-7,10H,4-5,8H2,1-3H3,(H,15,16)(H,17,18). The van der Waals surface area contributed by atoms with E-state index in [-0.39, 0.29) is 11.9 Å². The van der Waals surface area contributed by atoms with Gasteiger partial charge in [-0.3, -0.25) is 4.79 Å². The molecule has 0 aliphatic heterocycles. The van der Waals surface area contributed by atoms with Crippen LogP contribution < -0.4 is 10.6 Å². The van der Waals surface area contributed by atoms with E-state index in [0.29, 0.717) is 11.4 Å². The van der Waals surface area contributed by atoms with E-state index >= 15 is 0 Å². The first-order chi connectivity index (χ1) is 9.12. The molecule has 1 heterocycles. The molecule has 1 aromatic heterocycles. The molecule has 1 aromatic rings. The molecule has 0 aliphatic carbocycles. The minimum atomic E-state index is -0.0781. The first-order valence-electron chi connectivity index (χ1n) is 6.31. The van der Waals surface area contributed by atoms with Crippen molar-refractivity contribution in [2.45, 2.75) is 26.3 Å². The highest BCUT2D eigenvalue weighted by Crippen LogP contribution is 2.18. The van der Waals surface area contributed by atoms with Crippen molar-refractivity contribution in [3.8, 4) is 0 Å². The van der Waals surface area contributed by atoms with E-state index < -0.39 is 0 Å². The topological polar surface area (TPSA) is 54.0 Å². The van der Waals surface area contributed by atoms with Crippen molar-refractivity contribution in [2.75, 3.05) is 23.9 Å². The van der Waals surface area contributed by atoms with Crippen LogP contribution in [0, 0.1) is 0 Å². The van der Waals surface area contributed by atoms with Crippen molar-refractivity contribution in [1.29, 1.82) is 0 Å². The smallest absolute Gasteiger partial charge is 0.255 e. The van der Waals surface area contributed by atoms with Crippen LogP contribution >= 0.6 is 27.7 Å². The molecule has 1 atom stereocenters. The molecule has 0 saturated carbocycles. The molecule has 6 heteroatoms. The van der Waals surface area contributed by atoms with E-state index in [0.717, 1.165) is 23.2 Å². The van der Waals surface area contributed by atoms with Crippen molar-refractivity contribution in [3.05, 3.63) is 22.3 Å². The van der Waals surface area contributed by atoms with Gasteiger partial charge in [0, 0.05) is 29.0 Å². The zero-order chi connectivity index (χ0) is 14.3. The SMILES string of the molecule is CCNc1ncc(Br)cc1C(=O)NC(CC)CSC.